The summed E-state index contributed by atoms with van der Waals surface area (Å²) in [5.41, 5.74) is 6.05. The molecule has 0 fully saturated rings. The van der Waals surface area contributed by atoms with Gasteiger partial charge in [0.25, 0.3) is 5.88 Å². The molecule has 0 saturated carbocycles. The lowest BCUT2D eigenvalue weighted by molar-refractivity contribution is 0.454. The summed E-state index contributed by atoms with van der Waals surface area (Å²) in [6.45, 7) is 0. The number of hydrogen-bond donors (Lipinski definition) is 1. The number of hydrogen-bond acceptors (Lipinski definition) is 3. The normalized spacial score (nSPS) is 10.4. The number of ether oxygens (including phenoxy) is 1. The molecule has 0 bridgehead atoms. The molecular weight excluding hydrogens is 233 g/mol. The van der Waals surface area contributed by atoms with Gasteiger partial charge in [0, 0.05) is 13.1 Å². The maximum atomic E-state index is 12.9. The van der Waals surface area contributed by atoms with Gasteiger partial charge in [-0.3, -0.25) is 4.68 Å². The van der Waals surface area contributed by atoms with Gasteiger partial charge < -0.3 is 10.5 Å². The van der Waals surface area contributed by atoms with Gasteiger partial charge >= 0.3 is 0 Å². The van der Waals surface area contributed by atoms with Crippen LogP contribution >= 0.6 is 11.6 Å². The second kappa shape index (κ2) is 4.02. The van der Waals surface area contributed by atoms with E-state index in [4.69, 9.17) is 22.1 Å². The number of rotatable bonds is 2. The smallest absolute Gasteiger partial charge is 0.261 e. The van der Waals surface area contributed by atoms with Crippen LogP contribution < -0.4 is 10.5 Å². The highest BCUT2D eigenvalue weighted by molar-refractivity contribution is 6.30. The lowest BCUT2D eigenvalue weighted by Gasteiger charge is -2.03. The molecule has 0 radical (unpaired) electrons. The SMILES string of the molecule is Cn1cc(N)c(Oc2ccc(F)c(Cl)c2)n1. The largest absolute Gasteiger partial charge is 0.436 e. The van der Waals surface area contributed by atoms with Crippen LogP contribution in [0.1, 0.15) is 0 Å². The predicted octanol–water partition coefficient (Wildman–Crippen LogP) is 2.59. The van der Waals surface area contributed by atoms with E-state index in [1.807, 2.05) is 0 Å². The van der Waals surface area contributed by atoms with Crippen LogP contribution in [0.25, 0.3) is 0 Å². The molecule has 1 heterocycles. The van der Waals surface area contributed by atoms with Crippen molar-refractivity contribution in [3.63, 3.8) is 0 Å². The fourth-order valence-electron chi connectivity index (χ4n) is 1.22. The molecule has 0 saturated heterocycles. The molecule has 0 spiro atoms. The molecule has 2 rings (SSSR count). The minimum Gasteiger partial charge on any atom is -0.436 e. The van der Waals surface area contributed by atoms with Crippen molar-refractivity contribution in [1.82, 2.24) is 9.78 Å². The minimum absolute atomic E-state index is 0.00741. The molecule has 0 aliphatic rings. The molecule has 0 aliphatic heterocycles. The Balaban J connectivity index is 2.27. The Hall–Kier alpha value is -1.75. The highest BCUT2D eigenvalue weighted by atomic mass is 35.5. The Morgan fingerprint density at radius 1 is 1.50 bits per heavy atom. The monoisotopic (exact) mass is 241 g/mol. The Labute approximate surface area is 96.4 Å². The molecule has 0 atom stereocenters. The number of nitrogens with two attached hydrogens (primary N) is 1. The first-order chi connectivity index (χ1) is 7.56. The first-order valence-corrected chi connectivity index (χ1v) is 4.86. The van der Waals surface area contributed by atoms with Crippen LogP contribution in [-0.2, 0) is 7.05 Å². The molecule has 1 aromatic carbocycles. The topological polar surface area (TPSA) is 53.1 Å². The summed E-state index contributed by atoms with van der Waals surface area (Å²) >= 11 is 5.61. The van der Waals surface area contributed by atoms with Crippen molar-refractivity contribution < 1.29 is 9.13 Å². The van der Waals surface area contributed by atoms with Crippen molar-refractivity contribution >= 4 is 17.3 Å². The summed E-state index contributed by atoms with van der Waals surface area (Å²) in [6.07, 6.45) is 1.61. The van der Waals surface area contributed by atoms with Gasteiger partial charge in [-0.1, -0.05) is 11.6 Å². The van der Waals surface area contributed by atoms with Gasteiger partial charge in [0.15, 0.2) is 0 Å². The molecule has 4 nitrogen and oxygen atoms in total. The van der Waals surface area contributed by atoms with Crippen molar-refractivity contribution in [1.29, 1.82) is 0 Å². The third kappa shape index (κ3) is 2.09. The summed E-state index contributed by atoms with van der Waals surface area (Å²) in [4.78, 5) is 0. The van der Waals surface area contributed by atoms with Crippen LogP contribution in [0.4, 0.5) is 10.1 Å². The average Bonchev–Trinajstić information content (AvgIpc) is 2.51. The van der Waals surface area contributed by atoms with E-state index in [2.05, 4.69) is 5.10 Å². The van der Waals surface area contributed by atoms with Crippen LogP contribution in [0, 0.1) is 5.82 Å². The van der Waals surface area contributed by atoms with E-state index in [9.17, 15) is 4.39 Å². The molecular formula is C10H9ClFN3O. The van der Waals surface area contributed by atoms with Gasteiger partial charge in [0.05, 0.1) is 11.2 Å². The molecule has 0 aliphatic carbocycles. The quantitative estimate of drug-likeness (QED) is 0.879. The summed E-state index contributed by atoms with van der Waals surface area (Å²) in [5, 5.41) is 3.98. The van der Waals surface area contributed by atoms with E-state index in [1.54, 1.807) is 13.2 Å². The highest BCUT2D eigenvalue weighted by Gasteiger charge is 2.08. The maximum absolute atomic E-state index is 12.9. The van der Waals surface area contributed by atoms with Crippen molar-refractivity contribution in [3.8, 4) is 11.6 Å². The Morgan fingerprint density at radius 3 is 2.81 bits per heavy atom. The number of aromatic nitrogens is 2. The van der Waals surface area contributed by atoms with Crippen molar-refractivity contribution in [3.05, 3.63) is 35.2 Å². The van der Waals surface area contributed by atoms with E-state index < -0.39 is 5.82 Å². The summed E-state index contributed by atoms with van der Waals surface area (Å²) < 4.78 is 19.8. The fraction of sp³-hybridized carbons (Fsp3) is 0.100. The fourth-order valence-corrected chi connectivity index (χ4v) is 1.39. The molecule has 2 aromatic rings. The van der Waals surface area contributed by atoms with Gasteiger partial charge in [-0.2, -0.15) is 0 Å². The zero-order valence-electron chi connectivity index (χ0n) is 8.45. The molecule has 0 amide bonds. The van der Waals surface area contributed by atoms with Crippen molar-refractivity contribution in [2.45, 2.75) is 0 Å². The van der Waals surface area contributed by atoms with E-state index in [0.717, 1.165) is 0 Å². The van der Waals surface area contributed by atoms with Gasteiger partial charge in [-0.15, -0.1) is 5.10 Å². The number of nitrogens with zero attached hydrogens (tertiary/aromatic N) is 2. The lowest BCUT2D eigenvalue weighted by atomic mass is 10.3. The van der Waals surface area contributed by atoms with Crippen molar-refractivity contribution in [2.24, 2.45) is 7.05 Å². The first kappa shape index (κ1) is 10.8. The van der Waals surface area contributed by atoms with E-state index in [0.29, 0.717) is 11.4 Å². The molecule has 0 unspecified atom stereocenters. The third-order valence-electron chi connectivity index (χ3n) is 1.93. The maximum Gasteiger partial charge on any atom is 0.261 e. The minimum atomic E-state index is -0.497. The van der Waals surface area contributed by atoms with E-state index in [-0.39, 0.29) is 10.9 Å². The number of benzene rings is 1. The standard InChI is InChI=1S/C10H9ClFN3O/c1-15-5-9(13)10(14-15)16-6-2-3-8(12)7(11)4-6/h2-5H,13H2,1H3. The molecule has 2 N–H and O–H groups in total. The van der Waals surface area contributed by atoms with Gasteiger partial charge in [-0.25, -0.2) is 4.39 Å². The second-order valence-corrected chi connectivity index (χ2v) is 3.65. The number of anilines is 1. The summed E-state index contributed by atoms with van der Waals surface area (Å²) in [6, 6.07) is 4.04. The Morgan fingerprint density at radius 2 is 2.25 bits per heavy atom. The summed E-state index contributed by atoms with van der Waals surface area (Å²) in [7, 11) is 1.72. The Bertz CT molecular complexity index is 527. The van der Waals surface area contributed by atoms with Crippen LogP contribution in [0.3, 0.4) is 0 Å². The van der Waals surface area contributed by atoms with E-state index >= 15 is 0 Å². The van der Waals surface area contributed by atoms with Gasteiger partial charge in [0.1, 0.15) is 17.3 Å². The van der Waals surface area contributed by atoms with Crippen LogP contribution in [-0.4, -0.2) is 9.78 Å². The average molecular weight is 242 g/mol. The van der Waals surface area contributed by atoms with Gasteiger partial charge in [0.2, 0.25) is 0 Å². The lowest BCUT2D eigenvalue weighted by Crippen LogP contribution is -1.91. The number of halogens is 2. The molecule has 16 heavy (non-hydrogen) atoms. The zero-order chi connectivity index (χ0) is 11.7. The van der Waals surface area contributed by atoms with Crippen LogP contribution in [0.15, 0.2) is 24.4 Å². The highest BCUT2D eigenvalue weighted by Crippen LogP contribution is 2.28. The van der Waals surface area contributed by atoms with Crippen LogP contribution in [0.5, 0.6) is 11.6 Å². The van der Waals surface area contributed by atoms with Crippen molar-refractivity contribution in [2.75, 3.05) is 5.73 Å². The molecule has 84 valence electrons. The third-order valence-corrected chi connectivity index (χ3v) is 2.22. The first-order valence-electron chi connectivity index (χ1n) is 4.48. The Kier molecular flexibility index (Phi) is 2.70. The second-order valence-electron chi connectivity index (χ2n) is 3.24. The van der Waals surface area contributed by atoms with Gasteiger partial charge in [-0.05, 0) is 12.1 Å². The summed E-state index contributed by atoms with van der Waals surface area (Å²) in [5.74, 6) is 0.157. The number of aryl methyl sites for hydroxylation is 1. The number of nitrogen functional groups attached to an aromatic ring is 1. The molecule has 6 heteroatoms. The van der Waals surface area contributed by atoms with E-state index in [1.165, 1.54) is 22.9 Å². The predicted molar refractivity (Wildman–Crippen MR) is 59.1 cm³/mol. The zero-order valence-corrected chi connectivity index (χ0v) is 9.20. The van der Waals surface area contributed by atoms with Crippen LogP contribution in [0.2, 0.25) is 5.02 Å². The molecule has 1 aromatic heterocycles.